The van der Waals surface area contributed by atoms with Crippen molar-refractivity contribution in [3.63, 3.8) is 0 Å². The van der Waals surface area contributed by atoms with Crippen LogP contribution >= 0.6 is 0 Å². The van der Waals surface area contributed by atoms with Crippen LogP contribution in [0.5, 0.6) is 0 Å². The van der Waals surface area contributed by atoms with Gasteiger partial charge in [0.15, 0.2) is 5.78 Å². The van der Waals surface area contributed by atoms with E-state index in [4.69, 9.17) is 0 Å². The number of carbonyl (C=O) groups excluding carboxylic acids is 2. The van der Waals surface area contributed by atoms with E-state index < -0.39 is 0 Å². The molecular weight excluding hydrogens is 250 g/mol. The largest absolute Gasteiger partial charge is 0.318 e. The van der Waals surface area contributed by atoms with Crippen LogP contribution in [0, 0.1) is 0 Å². The lowest BCUT2D eigenvalue weighted by molar-refractivity contribution is -0.107. The SMILES string of the molecule is CCc1ccccc1C(=O)c1ccc(N(C)C=O)cc1. The van der Waals surface area contributed by atoms with Crippen molar-refractivity contribution in [2.24, 2.45) is 0 Å². The third-order valence-electron chi connectivity index (χ3n) is 3.34. The molecule has 20 heavy (non-hydrogen) atoms. The Bertz CT molecular complexity index is 617. The van der Waals surface area contributed by atoms with Crippen LogP contribution in [0.4, 0.5) is 5.69 Å². The van der Waals surface area contributed by atoms with Gasteiger partial charge in [0, 0.05) is 23.9 Å². The number of benzene rings is 2. The summed E-state index contributed by atoms with van der Waals surface area (Å²) in [6.45, 7) is 2.04. The molecule has 3 heteroatoms. The Morgan fingerprint density at radius 2 is 1.75 bits per heavy atom. The van der Waals surface area contributed by atoms with Gasteiger partial charge in [-0.1, -0.05) is 31.2 Å². The van der Waals surface area contributed by atoms with Crippen molar-refractivity contribution >= 4 is 17.9 Å². The predicted molar refractivity (Wildman–Crippen MR) is 80.2 cm³/mol. The van der Waals surface area contributed by atoms with Crippen LogP contribution < -0.4 is 4.90 Å². The van der Waals surface area contributed by atoms with Gasteiger partial charge in [0.1, 0.15) is 0 Å². The first-order valence-corrected chi connectivity index (χ1v) is 6.58. The molecule has 2 rings (SSSR count). The van der Waals surface area contributed by atoms with Crippen molar-refractivity contribution in [3.8, 4) is 0 Å². The predicted octanol–water partition coefficient (Wildman–Crippen LogP) is 3.07. The fourth-order valence-electron chi connectivity index (χ4n) is 2.11. The fourth-order valence-corrected chi connectivity index (χ4v) is 2.11. The lowest BCUT2D eigenvalue weighted by Crippen LogP contribution is -2.13. The van der Waals surface area contributed by atoms with Gasteiger partial charge >= 0.3 is 0 Å². The van der Waals surface area contributed by atoms with Gasteiger partial charge in [-0.15, -0.1) is 0 Å². The van der Waals surface area contributed by atoms with E-state index in [2.05, 4.69) is 0 Å². The number of hydrogen-bond acceptors (Lipinski definition) is 2. The Kier molecular flexibility index (Phi) is 4.31. The fraction of sp³-hybridized carbons (Fsp3) is 0.176. The maximum Gasteiger partial charge on any atom is 0.213 e. The maximum absolute atomic E-state index is 12.5. The van der Waals surface area contributed by atoms with Gasteiger partial charge in [-0.2, -0.15) is 0 Å². The lowest BCUT2D eigenvalue weighted by atomic mass is 9.97. The number of carbonyl (C=O) groups is 2. The van der Waals surface area contributed by atoms with E-state index in [9.17, 15) is 9.59 Å². The summed E-state index contributed by atoms with van der Waals surface area (Å²) in [5.41, 5.74) is 3.19. The number of rotatable bonds is 5. The van der Waals surface area contributed by atoms with E-state index in [-0.39, 0.29) is 5.78 Å². The Morgan fingerprint density at radius 3 is 2.35 bits per heavy atom. The molecule has 0 N–H and O–H groups in total. The number of nitrogens with zero attached hydrogens (tertiary/aromatic N) is 1. The minimum Gasteiger partial charge on any atom is -0.318 e. The van der Waals surface area contributed by atoms with E-state index in [1.807, 2.05) is 31.2 Å². The number of anilines is 1. The van der Waals surface area contributed by atoms with Crippen molar-refractivity contribution in [3.05, 3.63) is 65.2 Å². The molecule has 2 aromatic rings. The molecule has 0 spiro atoms. The molecular formula is C17H17NO2. The molecule has 0 unspecified atom stereocenters. The van der Waals surface area contributed by atoms with Crippen LogP contribution in [0.2, 0.25) is 0 Å². The Balaban J connectivity index is 2.32. The minimum absolute atomic E-state index is 0.0164. The summed E-state index contributed by atoms with van der Waals surface area (Å²) in [7, 11) is 1.68. The lowest BCUT2D eigenvalue weighted by Gasteiger charge is -2.11. The van der Waals surface area contributed by atoms with Crippen molar-refractivity contribution in [1.29, 1.82) is 0 Å². The highest BCUT2D eigenvalue weighted by molar-refractivity contribution is 6.10. The van der Waals surface area contributed by atoms with E-state index in [1.54, 1.807) is 31.3 Å². The molecule has 0 aliphatic carbocycles. The number of ketones is 1. The summed E-state index contributed by atoms with van der Waals surface area (Å²) in [5.74, 6) is 0.0164. The second-order valence-electron chi connectivity index (χ2n) is 4.60. The van der Waals surface area contributed by atoms with E-state index in [1.165, 1.54) is 4.90 Å². The molecule has 0 fully saturated rings. The van der Waals surface area contributed by atoms with Crippen LogP contribution in [0.3, 0.4) is 0 Å². The molecule has 0 saturated heterocycles. The van der Waals surface area contributed by atoms with Crippen LogP contribution in [-0.4, -0.2) is 19.2 Å². The molecule has 0 aliphatic heterocycles. The molecule has 2 aromatic carbocycles. The van der Waals surface area contributed by atoms with Gasteiger partial charge in [0.05, 0.1) is 0 Å². The van der Waals surface area contributed by atoms with Gasteiger partial charge in [-0.05, 0) is 36.2 Å². The summed E-state index contributed by atoms with van der Waals surface area (Å²) in [6, 6.07) is 14.7. The zero-order valence-corrected chi connectivity index (χ0v) is 11.7. The molecule has 0 saturated carbocycles. The average Bonchev–Trinajstić information content (AvgIpc) is 2.53. The third-order valence-corrected chi connectivity index (χ3v) is 3.34. The molecule has 0 bridgehead atoms. The van der Waals surface area contributed by atoms with Gasteiger partial charge in [-0.3, -0.25) is 9.59 Å². The second kappa shape index (κ2) is 6.15. The van der Waals surface area contributed by atoms with E-state index in [0.29, 0.717) is 5.56 Å². The molecule has 0 aliphatic rings. The van der Waals surface area contributed by atoms with Gasteiger partial charge in [0.25, 0.3) is 0 Å². The highest BCUT2D eigenvalue weighted by Crippen LogP contribution is 2.18. The van der Waals surface area contributed by atoms with Crippen LogP contribution in [-0.2, 0) is 11.2 Å². The van der Waals surface area contributed by atoms with Gasteiger partial charge in [0.2, 0.25) is 6.41 Å². The summed E-state index contributed by atoms with van der Waals surface area (Å²) in [6.07, 6.45) is 1.57. The van der Waals surface area contributed by atoms with Gasteiger partial charge in [-0.25, -0.2) is 0 Å². The standard InChI is InChI=1S/C17H17NO2/c1-3-13-6-4-5-7-16(13)17(20)14-8-10-15(11-9-14)18(2)12-19/h4-12H,3H2,1-2H3. The minimum atomic E-state index is 0.0164. The highest BCUT2D eigenvalue weighted by Gasteiger charge is 2.12. The highest BCUT2D eigenvalue weighted by atomic mass is 16.1. The Morgan fingerprint density at radius 1 is 1.10 bits per heavy atom. The monoisotopic (exact) mass is 267 g/mol. The first-order valence-electron chi connectivity index (χ1n) is 6.58. The second-order valence-corrected chi connectivity index (χ2v) is 4.60. The summed E-state index contributed by atoms with van der Waals surface area (Å²) in [5, 5.41) is 0. The maximum atomic E-state index is 12.5. The Labute approximate surface area is 118 Å². The van der Waals surface area contributed by atoms with Crippen molar-refractivity contribution < 1.29 is 9.59 Å². The zero-order valence-electron chi connectivity index (χ0n) is 11.7. The summed E-state index contributed by atoms with van der Waals surface area (Å²) < 4.78 is 0. The molecule has 3 nitrogen and oxygen atoms in total. The van der Waals surface area contributed by atoms with Crippen LogP contribution in [0.1, 0.15) is 28.4 Å². The van der Waals surface area contributed by atoms with E-state index in [0.717, 1.165) is 29.6 Å². The number of amides is 1. The van der Waals surface area contributed by atoms with Crippen molar-refractivity contribution in [2.45, 2.75) is 13.3 Å². The quantitative estimate of drug-likeness (QED) is 0.616. The molecule has 0 heterocycles. The van der Waals surface area contributed by atoms with Crippen LogP contribution in [0.25, 0.3) is 0 Å². The smallest absolute Gasteiger partial charge is 0.213 e. The third kappa shape index (κ3) is 2.77. The number of hydrogen-bond donors (Lipinski definition) is 0. The van der Waals surface area contributed by atoms with Crippen molar-refractivity contribution in [1.82, 2.24) is 0 Å². The van der Waals surface area contributed by atoms with E-state index >= 15 is 0 Å². The first-order chi connectivity index (χ1) is 9.67. The number of aryl methyl sites for hydroxylation is 1. The topological polar surface area (TPSA) is 37.4 Å². The first kappa shape index (κ1) is 14.0. The molecule has 0 aromatic heterocycles. The summed E-state index contributed by atoms with van der Waals surface area (Å²) in [4.78, 5) is 24.6. The molecule has 0 atom stereocenters. The van der Waals surface area contributed by atoms with Crippen molar-refractivity contribution in [2.75, 3.05) is 11.9 Å². The molecule has 1 amide bonds. The molecule has 0 radical (unpaired) electrons. The summed E-state index contributed by atoms with van der Waals surface area (Å²) >= 11 is 0. The molecule has 102 valence electrons. The van der Waals surface area contributed by atoms with Crippen LogP contribution in [0.15, 0.2) is 48.5 Å². The van der Waals surface area contributed by atoms with Gasteiger partial charge < -0.3 is 4.90 Å². The normalized spacial score (nSPS) is 10.1. The average molecular weight is 267 g/mol. The Hall–Kier alpha value is -2.42. The zero-order chi connectivity index (χ0) is 14.5.